The molecule has 30 heavy (non-hydrogen) atoms. The van der Waals surface area contributed by atoms with Gasteiger partial charge in [-0.1, -0.05) is 49.4 Å². The summed E-state index contributed by atoms with van der Waals surface area (Å²) in [6, 6.07) is 10.2. The predicted molar refractivity (Wildman–Crippen MR) is 120 cm³/mol. The molecule has 0 spiro atoms. The van der Waals surface area contributed by atoms with Crippen molar-refractivity contribution in [3.63, 3.8) is 0 Å². The van der Waals surface area contributed by atoms with Crippen LogP contribution >= 0.6 is 23.2 Å². The number of carbonyl (C=O) groups is 1. The molecule has 0 unspecified atom stereocenters. The number of ether oxygens (including phenoxy) is 3. The average Bonchev–Trinajstić information content (AvgIpc) is 2.73. The Morgan fingerprint density at radius 2 is 1.83 bits per heavy atom. The quantitative estimate of drug-likeness (QED) is 0.262. The second-order valence-corrected chi connectivity index (χ2v) is 7.32. The number of rotatable bonds is 12. The number of benzene rings is 2. The summed E-state index contributed by atoms with van der Waals surface area (Å²) in [4.78, 5) is 11.9. The van der Waals surface area contributed by atoms with Crippen LogP contribution in [0.25, 0.3) is 0 Å². The van der Waals surface area contributed by atoms with Gasteiger partial charge in [-0.2, -0.15) is 5.10 Å². The molecular weight excluding hydrogens is 427 g/mol. The van der Waals surface area contributed by atoms with E-state index in [1.807, 2.05) is 12.1 Å². The Morgan fingerprint density at radius 3 is 2.57 bits per heavy atom. The lowest BCUT2D eigenvalue weighted by Crippen LogP contribution is -2.24. The number of unbranched alkanes of at least 4 members (excludes halogenated alkanes) is 3. The third-order valence-electron chi connectivity index (χ3n) is 4.10. The predicted octanol–water partition coefficient (Wildman–Crippen LogP) is 5.49. The third kappa shape index (κ3) is 8.13. The lowest BCUT2D eigenvalue weighted by molar-refractivity contribution is -0.123. The van der Waals surface area contributed by atoms with Gasteiger partial charge in [-0.3, -0.25) is 4.79 Å². The van der Waals surface area contributed by atoms with Crippen molar-refractivity contribution in [1.29, 1.82) is 0 Å². The van der Waals surface area contributed by atoms with Gasteiger partial charge >= 0.3 is 0 Å². The maximum Gasteiger partial charge on any atom is 0.277 e. The average molecular weight is 453 g/mol. The summed E-state index contributed by atoms with van der Waals surface area (Å²) in [7, 11) is 1.58. The van der Waals surface area contributed by atoms with Crippen LogP contribution in [0.5, 0.6) is 17.2 Å². The topological polar surface area (TPSA) is 69.2 Å². The lowest BCUT2D eigenvalue weighted by atomic mass is 10.2. The molecule has 0 bridgehead atoms. The lowest BCUT2D eigenvalue weighted by Gasteiger charge is -2.11. The van der Waals surface area contributed by atoms with Crippen LogP contribution in [0.4, 0.5) is 0 Å². The highest BCUT2D eigenvalue weighted by Gasteiger charge is 2.07. The van der Waals surface area contributed by atoms with E-state index in [2.05, 4.69) is 17.5 Å². The number of halogens is 2. The molecule has 2 rings (SSSR count). The standard InChI is InChI=1S/C22H26Cl2N2O4/c1-3-4-5-6-11-29-20-9-7-16(12-21(20)28-2)14-25-26-22(27)15-30-19-10-8-17(23)13-18(19)24/h7-10,12-14H,3-6,11,15H2,1-2H3,(H,26,27)/b25-14-. The van der Waals surface area contributed by atoms with E-state index in [0.29, 0.717) is 33.9 Å². The van der Waals surface area contributed by atoms with E-state index < -0.39 is 5.91 Å². The summed E-state index contributed by atoms with van der Waals surface area (Å²) < 4.78 is 16.5. The molecule has 0 heterocycles. The Bertz CT molecular complexity index is 859. The van der Waals surface area contributed by atoms with Crippen LogP contribution in [0.15, 0.2) is 41.5 Å². The van der Waals surface area contributed by atoms with Gasteiger partial charge in [0.1, 0.15) is 5.75 Å². The zero-order valence-corrected chi connectivity index (χ0v) is 18.6. The van der Waals surface area contributed by atoms with Crippen LogP contribution < -0.4 is 19.6 Å². The first kappa shape index (κ1) is 23.8. The van der Waals surface area contributed by atoms with Gasteiger partial charge < -0.3 is 14.2 Å². The molecule has 0 aliphatic heterocycles. The normalized spacial score (nSPS) is 10.8. The van der Waals surface area contributed by atoms with Gasteiger partial charge in [-0.15, -0.1) is 0 Å². The highest BCUT2D eigenvalue weighted by atomic mass is 35.5. The smallest absolute Gasteiger partial charge is 0.277 e. The van der Waals surface area contributed by atoms with Gasteiger partial charge in [-0.05, 0) is 48.4 Å². The minimum Gasteiger partial charge on any atom is -0.493 e. The first-order valence-corrected chi connectivity index (χ1v) is 10.5. The Labute approximate surface area is 187 Å². The van der Waals surface area contributed by atoms with E-state index >= 15 is 0 Å². The number of nitrogens with one attached hydrogen (secondary N) is 1. The second kappa shape index (κ2) is 13.0. The van der Waals surface area contributed by atoms with Gasteiger partial charge in [-0.25, -0.2) is 5.43 Å². The molecule has 1 amide bonds. The van der Waals surface area contributed by atoms with Crippen molar-refractivity contribution in [1.82, 2.24) is 5.43 Å². The summed E-state index contributed by atoms with van der Waals surface area (Å²) in [5, 5.41) is 4.76. The summed E-state index contributed by atoms with van der Waals surface area (Å²) in [5.41, 5.74) is 3.16. The molecule has 0 radical (unpaired) electrons. The fourth-order valence-corrected chi connectivity index (χ4v) is 3.00. The number of carbonyl (C=O) groups excluding carboxylic acids is 1. The zero-order chi connectivity index (χ0) is 21.8. The maximum absolute atomic E-state index is 11.9. The molecule has 0 fully saturated rings. The Hall–Kier alpha value is -2.44. The molecule has 0 aliphatic rings. The molecule has 1 N–H and O–H groups in total. The Balaban J connectivity index is 1.82. The van der Waals surface area contributed by atoms with E-state index in [4.69, 9.17) is 37.4 Å². The van der Waals surface area contributed by atoms with E-state index in [9.17, 15) is 4.79 Å². The number of methoxy groups -OCH3 is 1. The van der Waals surface area contributed by atoms with Crippen molar-refractivity contribution in [2.75, 3.05) is 20.3 Å². The van der Waals surface area contributed by atoms with Gasteiger partial charge in [0.05, 0.1) is 25.0 Å². The molecule has 0 saturated heterocycles. The molecular formula is C22H26Cl2N2O4. The summed E-state index contributed by atoms with van der Waals surface area (Å²) in [5.74, 6) is 1.25. The number of hydrogen-bond acceptors (Lipinski definition) is 5. The first-order valence-electron chi connectivity index (χ1n) is 9.74. The zero-order valence-electron chi connectivity index (χ0n) is 17.1. The molecule has 0 saturated carbocycles. The number of hydrogen-bond donors (Lipinski definition) is 1. The van der Waals surface area contributed by atoms with Crippen molar-refractivity contribution >= 4 is 35.3 Å². The number of hydrazone groups is 1. The Morgan fingerprint density at radius 1 is 1.03 bits per heavy atom. The van der Waals surface area contributed by atoms with Gasteiger partial charge in [0.15, 0.2) is 18.1 Å². The molecule has 0 aromatic heterocycles. The van der Waals surface area contributed by atoms with Crippen molar-refractivity contribution < 1.29 is 19.0 Å². The van der Waals surface area contributed by atoms with Crippen molar-refractivity contribution in [2.45, 2.75) is 32.6 Å². The van der Waals surface area contributed by atoms with Crippen LogP contribution in [-0.2, 0) is 4.79 Å². The minimum atomic E-state index is -0.420. The monoisotopic (exact) mass is 452 g/mol. The maximum atomic E-state index is 11.9. The molecule has 0 aliphatic carbocycles. The highest BCUT2D eigenvalue weighted by molar-refractivity contribution is 6.35. The van der Waals surface area contributed by atoms with E-state index in [-0.39, 0.29) is 6.61 Å². The Kier molecular flexibility index (Phi) is 10.3. The first-order chi connectivity index (χ1) is 14.5. The van der Waals surface area contributed by atoms with E-state index in [0.717, 1.165) is 18.4 Å². The highest BCUT2D eigenvalue weighted by Crippen LogP contribution is 2.28. The molecule has 2 aromatic carbocycles. The summed E-state index contributed by atoms with van der Waals surface area (Å²) >= 11 is 11.8. The van der Waals surface area contributed by atoms with Crippen LogP contribution in [0.3, 0.4) is 0 Å². The van der Waals surface area contributed by atoms with Gasteiger partial charge in [0.25, 0.3) is 5.91 Å². The van der Waals surface area contributed by atoms with Gasteiger partial charge in [0, 0.05) is 5.02 Å². The second-order valence-electron chi connectivity index (χ2n) is 6.48. The van der Waals surface area contributed by atoms with Crippen LogP contribution in [0.1, 0.15) is 38.2 Å². The largest absolute Gasteiger partial charge is 0.493 e. The van der Waals surface area contributed by atoms with Crippen LogP contribution in [-0.4, -0.2) is 32.4 Å². The molecule has 162 valence electrons. The van der Waals surface area contributed by atoms with E-state index in [1.54, 1.807) is 31.4 Å². The fraction of sp³-hybridized carbons (Fsp3) is 0.364. The van der Waals surface area contributed by atoms with Crippen molar-refractivity contribution in [3.05, 3.63) is 52.0 Å². The van der Waals surface area contributed by atoms with Crippen molar-refractivity contribution in [2.24, 2.45) is 5.10 Å². The third-order valence-corrected chi connectivity index (χ3v) is 4.63. The van der Waals surface area contributed by atoms with Crippen molar-refractivity contribution in [3.8, 4) is 17.2 Å². The molecule has 6 nitrogen and oxygen atoms in total. The molecule has 0 atom stereocenters. The molecule has 2 aromatic rings. The number of amides is 1. The van der Waals surface area contributed by atoms with E-state index in [1.165, 1.54) is 19.1 Å². The fourth-order valence-electron chi connectivity index (χ4n) is 2.54. The SMILES string of the molecule is CCCCCCOc1ccc(/C=N\NC(=O)COc2ccc(Cl)cc2Cl)cc1OC. The van der Waals surface area contributed by atoms with Crippen LogP contribution in [0.2, 0.25) is 10.0 Å². The van der Waals surface area contributed by atoms with Crippen LogP contribution in [0, 0.1) is 0 Å². The summed E-state index contributed by atoms with van der Waals surface area (Å²) in [6.07, 6.45) is 6.07. The minimum absolute atomic E-state index is 0.229. The van der Waals surface area contributed by atoms with Gasteiger partial charge in [0.2, 0.25) is 0 Å². The molecule has 8 heteroatoms. The summed E-state index contributed by atoms with van der Waals surface area (Å²) in [6.45, 7) is 2.60. The number of nitrogens with zero attached hydrogens (tertiary/aromatic N) is 1.